The molecular formula is C14H12Cl2. The third kappa shape index (κ3) is 3.49. The molecule has 0 saturated carbocycles. The Morgan fingerprint density at radius 1 is 1.19 bits per heavy atom. The predicted octanol–water partition coefficient (Wildman–Crippen LogP) is 4.37. The van der Waals surface area contributed by atoms with Gasteiger partial charge in [-0.3, -0.25) is 0 Å². The van der Waals surface area contributed by atoms with Gasteiger partial charge in [-0.25, -0.2) is 0 Å². The van der Waals surface area contributed by atoms with Crippen molar-refractivity contribution in [3.8, 4) is 24.2 Å². The minimum absolute atomic E-state index is 0.0885. The standard InChI is InChI=1S/C14H12Cl2/c1-5-10-8-11(15)9-13(16)12(10)6-7-14(2,3)4/h1,8-9H,2-4H3. The van der Waals surface area contributed by atoms with Gasteiger partial charge in [0.15, 0.2) is 0 Å². The molecule has 2 heteroatoms. The topological polar surface area (TPSA) is 0 Å². The second-order valence-electron chi connectivity index (χ2n) is 4.45. The maximum Gasteiger partial charge on any atom is 0.0590 e. The van der Waals surface area contributed by atoms with Crippen molar-refractivity contribution < 1.29 is 0 Å². The smallest absolute Gasteiger partial charge is 0.0590 e. The van der Waals surface area contributed by atoms with E-state index in [1.54, 1.807) is 12.1 Å². The van der Waals surface area contributed by atoms with Crippen LogP contribution in [0.15, 0.2) is 12.1 Å². The van der Waals surface area contributed by atoms with E-state index in [9.17, 15) is 0 Å². The average Bonchev–Trinajstić information content (AvgIpc) is 2.13. The van der Waals surface area contributed by atoms with E-state index in [2.05, 4.69) is 17.8 Å². The van der Waals surface area contributed by atoms with Crippen LogP contribution in [0.5, 0.6) is 0 Å². The van der Waals surface area contributed by atoms with Crippen LogP contribution < -0.4 is 0 Å². The maximum atomic E-state index is 6.06. The third-order valence-electron chi connectivity index (χ3n) is 1.77. The lowest BCUT2D eigenvalue weighted by molar-refractivity contribution is 0.571. The molecule has 1 aromatic carbocycles. The van der Waals surface area contributed by atoms with E-state index < -0.39 is 0 Å². The average molecular weight is 251 g/mol. The Kier molecular flexibility index (Phi) is 3.93. The minimum Gasteiger partial charge on any atom is -0.115 e. The Hall–Kier alpha value is -1.08. The van der Waals surface area contributed by atoms with Crippen LogP contribution in [-0.2, 0) is 0 Å². The zero-order valence-electron chi connectivity index (χ0n) is 9.49. The van der Waals surface area contributed by atoms with Crippen molar-refractivity contribution >= 4 is 23.2 Å². The molecule has 1 rings (SSSR count). The molecule has 1 aromatic rings. The minimum atomic E-state index is -0.0885. The number of rotatable bonds is 0. The summed E-state index contributed by atoms with van der Waals surface area (Å²) in [5.41, 5.74) is 1.22. The molecule has 0 aliphatic heterocycles. The normalized spacial score (nSPS) is 10.2. The SMILES string of the molecule is C#Cc1cc(Cl)cc(Cl)c1C#CC(C)(C)C. The number of hydrogen-bond donors (Lipinski definition) is 0. The first-order valence-electron chi connectivity index (χ1n) is 4.82. The highest BCUT2D eigenvalue weighted by atomic mass is 35.5. The lowest BCUT2D eigenvalue weighted by atomic mass is 9.97. The summed E-state index contributed by atoms with van der Waals surface area (Å²) < 4.78 is 0. The molecule has 0 fully saturated rings. The molecule has 0 N–H and O–H groups in total. The highest BCUT2D eigenvalue weighted by molar-refractivity contribution is 6.35. The van der Waals surface area contributed by atoms with Crippen LogP contribution in [-0.4, -0.2) is 0 Å². The van der Waals surface area contributed by atoms with Gasteiger partial charge in [0.2, 0.25) is 0 Å². The summed E-state index contributed by atoms with van der Waals surface area (Å²) >= 11 is 11.9. The molecule has 0 aliphatic carbocycles. The summed E-state index contributed by atoms with van der Waals surface area (Å²) in [5, 5.41) is 1.02. The van der Waals surface area contributed by atoms with E-state index in [1.165, 1.54) is 0 Å². The summed E-state index contributed by atoms with van der Waals surface area (Å²) in [6, 6.07) is 3.34. The lowest BCUT2D eigenvalue weighted by Crippen LogP contribution is -1.99. The molecule has 0 heterocycles. The van der Waals surface area contributed by atoms with Gasteiger partial charge >= 0.3 is 0 Å². The van der Waals surface area contributed by atoms with E-state index in [1.807, 2.05) is 20.8 Å². The Bertz CT molecular complexity index is 502. The van der Waals surface area contributed by atoms with Crippen molar-refractivity contribution in [3.63, 3.8) is 0 Å². The highest BCUT2D eigenvalue weighted by Gasteiger charge is 2.08. The van der Waals surface area contributed by atoms with Crippen molar-refractivity contribution in [2.45, 2.75) is 20.8 Å². The largest absolute Gasteiger partial charge is 0.115 e. The van der Waals surface area contributed by atoms with Gasteiger partial charge in [0.05, 0.1) is 10.6 Å². The molecule has 0 amide bonds. The second-order valence-corrected chi connectivity index (χ2v) is 5.30. The van der Waals surface area contributed by atoms with Gasteiger partial charge in [0, 0.05) is 16.0 Å². The van der Waals surface area contributed by atoms with Crippen molar-refractivity contribution in [2.75, 3.05) is 0 Å². The fraction of sp³-hybridized carbons (Fsp3) is 0.286. The maximum absolute atomic E-state index is 6.06. The zero-order valence-corrected chi connectivity index (χ0v) is 11.0. The number of benzene rings is 1. The van der Waals surface area contributed by atoms with Crippen molar-refractivity contribution in [1.82, 2.24) is 0 Å². The van der Waals surface area contributed by atoms with Gasteiger partial charge in [-0.2, -0.15) is 0 Å². The molecular weight excluding hydrogens is 239 g/mol. The summed E-state index contributed by atoms with van der Waals surface area (Å²) in [6.07, 6.45) is 5.39. The van der Waals surface area contributed by atoms with Crippen LogP contribution in [0, 0.1) is 29.6 Å². The van der Waals surface area contributed by atoms with Gasteiger partial charge in [0.25, 0.3) is 0 Å². The molecule has 82 valence electrons. The zero-order chi connectivity index (χ0) is 12.3. The van der Waals surface area contributed by atoms with Gasteiger partial charge in [-0.05, 0) is 32.9 Å². The van der Waals surface area contributed by atoms with E-state index in [0.717, 1.165) is 0 Å². The van der Waals surface area contributed by atoms with Crippen LogP contribution in [0.3, 0.4) is 0 Å². The fourth-order valence-corrected chi connectivity index (χ4v) is 1.61. The summed E-state index contributed by atoms with van der Waals surface area (Å²) in [7, 11) is 0. The Morgan fingerprint density at radius 2 is 1.81 bits per heavy atom. The van der Waals surface area contributed by atoms with Crippen LogP contribution >= 0.6 is 23.2 Å². The molecule has 0 atom stereocenters. The molecule has 0 aromatic heterocycles. The fourth-order valence-electron chi connectivity index (χ4n) is 1.06. The van der Waals surface area contributed by atoms with Crippen LogP contribution in [0.4, 0.5) is 0 Å². The van der Waals surface area contributed by atoms with Crippen LogP contribution in [0.25, 0.3) is 0 Å². The third-order valence-corrected chi connectivity index (χ3v) is 2.29. The molecule has 0 aliphatic rings. The first-order chi connectivity index (χ1) is 7.33. The molecule has 0 saturated heterocycles. The van der Waals surface area contributed by atoms with E-state index in [0.29, 0.717) is 21.2 Å². The van der Waals surface area contributed by atoms with E-state index >= 15 is 0 Å². The second kappa shape index (κ2) is 4.84. The molecule has 0 nitrogen and oxygen atoms in total. The lowest BCUT2D eigenvalue weighted by Gasteiger charge is -2.08. The summed E-state index contributed by atoms with van der Waals surface area (Å²) in [6.45, 7) is 6.08. The van der Waals surface area contributed by atoms with Gasteiger partial charge in [-0.1, -0.05) is 41.0 Å². The van der Waals surface area contributed by atoms with Gasteiger partial charge < -0.3 is 0 Å². The van der Waals surface area contributed by atoms with Gasteiger partial charge in [0.1, 0.15) is 0 Å². The number of terminal acetylenes is 1. The Balaban J connectivity index is 3.33. The summed E-state index contributed by atoms with van der Waals surface area (Å²) in [5.74, 6) is 8.66. The van der Waals surface area contributed by atoms with Gasteiger partial charge in [-0.15, -0.1) is 6.42 Å². The molecule has 0 bridgehead atoms. The number of halogens is 2. The molecule has 16 heavy (non-hydrogen) atoms. The molecule has 0 radical (unpaired) electrons. The predicted molar refractivity (Wildman–Crippen MR) is 70.7 cm³/mol. The van der Waals surface area contributed by atoms with E-state index in [-0.39, 0.29) is 5.41 Å². The number of hydrogen-bond acceptors (Lipinski definition) is 0. The first kappa shape index (κ1) is 13.0. The van der Waals surface area contributed by atoms with Crippen molar-refractivity contribution in [2.24, 2.45) is 5.41 Å². The molecule has 0 unspecified atom stereocenters. The highest BCUT2D eigenvalue weighted by Crippen LogP contribution is 2.24. The van der Waals surface area contributed by atoms with Crippen LogP contribution in [0.1, 0.15) is 31.9 Å². The first-order valence-corrected chi connectivity index (χ1v) is 5.58. The van der Waals surface area contributed by atoms with E-state index in [4.69, 9.17) is 29.6 Å². The monoisotopic (exact) mass is 250 g/mol. The van der Waals surface area contributed by atoms with Crippen molar-refractivity contribution in [1.29, 1.82) is 0 Å². The van der Waals surface area contributed by atoms with Crippen molar-refractivity contribution in [3.05, 3.63) is 33.3 Å². The quantitative estimate of drug-likeness (QED) is 0.600. The summed E-state index contributed by atoms with van der Waals surface area (Å²) in [4.78, 5) is 0. The molecule has 0 spiro atoms. The Morgan fingerprint density at radius 3 is 2.31 bits per heavy atom. The van der Waals surface area contributed by atoms with Crippen LogP contribution in [0.2, 0.25) is 10.0 Å². The Labute approximate surface area is 107 Å².